The van der Waals surface area contributed by atoms with Gasteiger partial charge in [0.1, 0.15) is 5.82 Å². The molecule has 1 heterocycles. The number of rotatable bonds is 2. The Balaban J connectivity index is 1.86. The molecule has 2 fully saturated rings. The van der Waals surface area contributed by atoms with Crippen LogP contribution in [-0.2, 0) is 12.6 Å². The van der Waals surface area contributed by atoms with E-state index in [1.54, 1.807) is 0 Å². The SMILES string of the molecule is Cn1nc(C2CCCC2)nc1C1(N)CCCCCC1. The van der Waals surface area contributed by atoms with E-state index in [1.807, 2.05) is 11.7 Å². The maximum absolute atomic E-state index is 6.67. The van der Waals surface area contributed by atoms with Crippen LogP contribution in [0, 0.1) is 0 Å². The van der Waals surface area contributed by atoms with Crippen molar-refractivity contribution in [3.05, 3.63) is 11.6 Å². The lowest BCUT2D eigenvalue weighted by Gasteiger charge is -2.26. The predicted octanol–water partition coefficient (Wildman–Crippen LogP) is 2.98. The fraction of sp³-hybridized carbons (Fsp3) is 0.867. The zero-order chi connectivity index (χ0) is 13.3. The fourth-order valence-electron chi connectivity index (χ4n) is 3.78. The molecule has 0 unspecified atom stereocenters. The van der Waals surface area contributed by atoms with Crippen LogP contribution in [0.2, 0.25) is 0 Å². The molecule has 0 aromatic carbocycles. The minimum atomic E-state index is -0.241. The summed E-state index contributed by atoms with van der Waals surface area (Å²) in [6, 6.07) is 0. The third-order valence-corrected chi connectivity index (χ3v) is 4.94. The highest BCUT2D eigenvalue weighted by Gasteiger charge is 2.34. The number of aromatic nitrogens is 3. The van der Waals surface area contributed by atoms with Gasteiger partial charge in [-0.05, 0) is 25.7 Å². The zero-order valence-electron chi connectivity index (χ0n) is 12.1. The van der Waals surface area contributed by atoms with Gasteiger partial charge in [0.25, 0.3) is 0 Å². The molecule has 19 heavy (non-hydrogen) atoms. The Bertz CT molecular complexity index is 423. The van der Waals surface area contributed by atoms with Crippen molar-refractivity contribution in [3.8, 4) is 0 Å². The van der Waals surface area contributed by atoms with Gasteiger partial charge in [-0.3, -0.25) is 4.68 Å². The number of hydrogen-bond acceptors (Lipinski definition) is 3. The van der Waals surface area contributed by atoms with E-state index in [9.17, 15) is 0 Å². The smallest absolute Gasteiger partial charge is 0.154 e. The molecular weight excluding hydrogens is 236 g/mol. The van der Waals surface area contributed by atoms with E-state index in [0.717, 1.165) is 24.5 Å². The third-order valence-electron chi connectivity index (χ3n) is 4.94. The molecule has 106 valence electrons. The highest BCUT2D eigenvalue weighted by atomic mass is 15.3. The molecule has 0 saturated heterocycles. The van der Waals surface area contributed by atoms with Crippen molar-refractivity contribution in [2.75, 3.05) is 0 Å². The number of nitrogens with two attached hydrogens (primary N) is 1. The summed E-state index contributed by atoms with van der Waals surface area (Å²) in [5.41, 5.74) is 6.43. The molecule has 0 spiro atoms. The summed E-state index contributed by atoms with van der Waals surface area (Å²) >= 11 is 0. The topological polar surface area (TPSA) is 56.7 Å². The zero-order valence-corrected chi connectivity index (χ0v) is 12.1. The van der Waals surface area contributed by atoms with Crippen molar-refractivity contribution in [3.63, 3.8) is 0 Å². The van der Waals surface area contributed by atoms with Gasteiger partial charge in [0.15, 0.2) is 5.82 Å². The molecule has 0 amide bonds. The molecule has 2 aliphatic rings. The van der Waals surface area contributed by atoms with E-state index in [4.69, 9.17) is 10.7 Å². The van der Waals surface area contributed by atoms with E-state index in [0.29, 0.717) is 5.92 Å². The predicted molar refractivity (Wildman–Crippen MR) is 75.8 cm³/mol. The summed E-state index contributed by atoms with van der Waals surface area (Å²) in [7, 11) is 2.01. The van der Waals surface area contributed by atoms with E-state index in [2.05, 4.69) is 5.10 Å². The third kappa shape index (κ3) is 2.55. The van der Waals surface area contributed by atoms with Crippen LogP contribution in [-0.4, -0.2) is 14.8 Å². The molecule has 0 aliphatic heterocycles. The highest BCUT2D eigenvalue weighted by Crippen LogP contribution is 2.36. The molecule has 4 nitrogen and oxygen atoms in total. The molecule has 2 aliphatic carbocycles. The molecule has 2 N–H and O–H groups in total. The summed E-state index contributed by atoms with van der Waals surface area (Å²) < 4.78 is 1.96. The Hall–Kier alpha value is -0.900. The minimum Gasteiger partial charge on any atom is -0.319 e. The largest absolute Gasteiger partial charge is 0.319 e. The minimum absolute atomic E-state index is 0.241. The van der Waals surface area contributed by atoms with Crippen molar-refractivity contribution >= 4 is 0 Å². The number of hydrogen-bond donors (Lipinski definition) is 1. The van der Waals surface area contributed by atoms with E-state index >= 15 is 0 Å². The van der Waals surface area contributed by atoms with Gasteiger partial charge in [-0.1, -0.05) is 38.5 Å². The fourth-order valence-corrected chi connectivity index (χ4v) is 3.78. The van der Waals surface area contributed by atoms with E-state index in [-0.39, 0.29) is 5.54 Å². The lowest BCUT2D eigenvalue weighted by atomic mass is 9.90. The van der Waals surface area contributed by atoms with Gasteiger partial charge in [-0.25, -0.2) is 4.98 Å². The van der Waals surface area contributed by atoms with Gasteiger partial charge < -0.3 is 5.73 Å². The van der Waals surface area contributed by atoms with Crippen LogP contribution >= 0.6 is 0 Å². The number of nitrogens with zero attached hydrogens (tertiary/aromatic N) is 3. The average molecular weight is 262 g/mol. The van der Waals surface area contributed by atoms with Crippen molar-refractivity contribution in [2.45, 2.75) is 75.7 Å². The van der Waals surface area contributed by atoms with Gasteiger partial charge >= 0.3 is 0 Å². The Kier molecular flexibility index (Phi) is 3.61. The second-order valence-corrected chi connectivity index (χ2v) is 6.47. The monoisotopic (exact) mass is 262 g/mol. The molecule has 1 aromatic heterocycles. The molecule has 3 rings (SSSR count). The molecule has 0 atom stereocenters. The van der Waals surface area contributed by atoms with Gasteiger partial charge in [-0.2, -0.15) is 5.10 Å². The lowest BCUT2D eigenvalue weighted by molar-refractivity contribution is 0.348. The first-order valence-electron chi connectivity index (χ1n) is 7.89. The first-order valence-corrected chi connectivity index (χ1v) is 7.89. The van der Waals surface area contributed by atoms with Crippen LogP contribution in [0.4, 0.5) is 0 Å². The second-order valence-electron chi connectivity index (χ2n) is 6.47. The Labute approximate surface area is 115 Å². The van der Waals surface area contributed by atoms with Crippen LogP contribution in [0.3, 0.4) is 0 Å². The van der Waals surface area contributed by atoms with Gasteiger partial charge in [0.05, 0.1) is 5.54 Å². The van der Waals surface area contributed by atoms with Crippen LogP contribution in [0.25, 0.3) is 0 Å². The van der Waals surface area contributed by atoms with Crippen LogP contribution < -0.4 is 5.73 Å². The quantitative estimate of drug-likeness (QED) is 0.834. The standard InChI is InChI=1S/C15H26N4/c1-19-14(15(16)10-6-2-3-7-11-15)17-13(18-19)12-8-4-5-9-12/h12H,2-11,16H2,1H3. The Morgan fingerprint density at radius 1 is 1.05 bits per heavy atom. The van der Waals surface area contributed by atoms with Gasteiger partial charge in [0, 0.05) is 13.0 Å². The Morgan fingerprint density at radius 3 is 2.32 bits per heavy atom. The average Bonchev–Trinajstić information content (AvgIpc) is 2.98. The van der Waals surface area contributed by atoms with Gasteiger partial charge in [-0.15, -0.1) is 0 Å². The summed E-state index contributed by atoms with van der Waals surface area (Å²) in [5, 5.41) is 4.67. The summed E-state index contributed by atoms with van der Waals surface area (Å²) in [4.78, 5) is 4.86. The summed E-state index contributed by atoms with van der Waals surface area (Å²) in [6.07, 6.45) is 12.3. The first kappa shape index (κ1) is 13.1. The molecule has 0 bridgehead atoms. The van der Waals surface area contributed by atoms with Crippen LogP contribution in [0.5, 0.6) is 0 Å². The van der Waals surface area contributed by atoms with Gasteiger partial charge in [0.2, 0.25) is 0 Å². The van der Waals surface area contributed by atoms with E-state index in [1.165, 1.54) is 51.4 Å². The van der Waals surface area contributed by atoms with Crippen LogP contribution in [0.1, 0.15) is 81.8 Å². The van der Waals surface area contributed by atoms with Crippen LogP contribution in [0.15, 0.2) is 0 Å². The van der Waals surface area contributed by atoms with Crippen molar-refractivity contribution in [1.29, 1.82) is 0 Å². The highest BCUT2D eigenvalue weighted by molar-refractivity contribution is 5.10. The number of aryl methyl sites for hydroxylation is 1. The molecule has 1 aromatic rings. The molecule has 4 heteroatoms. The van der Waals surface area contributed by atoms with E-state index < -0.39 is 0 Å². The van der Waals surface area contributed by atoms with Crippen molar-refractivity contribution < 1.29 is 0 Å². The molecule has 0 radical (unpaired) electrons. The Morgan fingerprint density at radius 2 is 1.68 bits per heavy atom. The maximum Gasteiger partial charge on any atom is 0.154 e. The van der Waals surface area contributed by atoms with Crippen molar-refractivity contribution in [2.24, 2.45) is 12.8 Å². The normalized spacial score (nSPS) is 24.5. The summed E-state index contributed by atoms with van der Waals surface area (Å²) in [5.74, 6) is 2.65. The summed E-state index contributed by atoms with van der Waals surface area (Å²) in [6.45, 7) is 0. The first-order chi connectivity index (χ1) is 9.19. The maximum atomic E-state index is 6.67. The molecule has 2 saturated carbocycles. The second kappa shape index (κ2) is 5.23. The lowest BCUT2D eigenvalue weighted by Crippen LogP contribution is -2.38. The molecular formula is C15H26N4. The van der Waals surface area contributed by atoms with Crippen molar-refractivity contribution in [1.82, 2.24) is 14.8 Å².